The third-order valence-corrected chi connectivity index (χ3v) is 14.9. The number of piperidine rings is 1. The third kappa shape index (κ3) is 15.2. The number of nitrogens with one attached hydrogen (secondary N) is 1. The summed E-state index contributed by atoms with van der Waals surface area (Å²) in [7, 11) is 4.87. The number of aromatic amines is 1. The van der Waals surface area contributed by atoms with Crippen LogP contribution in [0.15, 0.2) is 109 Å². The van der Waals surface area contributed by atoms with Crippen molar-refractivity contribution in [2.45, 2.75) is 38.6 Å². The molecule has 0 aliphatic carbocycles. The zero-order chi connectivity index (χ0) is 58.1. The Kier molecular flexibility index (Phi) is 21.1. The van der Waals surface area contributed by atoms with Gasteiger partial charge in [-0.05, 0) is 67.2 Å². The van der Waals surface area contributed by atoms with Crippen molar-refractivity contribution < 1.29 is 42.9 Å². The summed E-state index contributed by atoms with van der Waals surface area (Å²) < 4.78 is 35.2. The van der Waals surface area contributed by atoms with E-state index in [1.165, 1.54) is 94.4 Å². The molecule has 3 aliphatic rings. The van der Waals surface area contributed by atoms with E-state index < -0.39 is 23.9 Å². The second kappa shape index (κ2) is 28.9. The van der Waals surface area contributed by atoms with Gasteiger partial charge in [-0.15, -0.1) is 0 Å². The highest BCUT2D eigenvalue weighted by atomic mass is 19.1. The average molecular weight is 1130 g/mol. The number of carboxylic acid groups (broad SMARTS) is 1. The van der Waals surface area contributed by atoms with Crippen LogP contribution in [0.1, 0.15) is 48.2 Å². The second-order valence-corrected chi connectivity index (χ2v) is 20.5. The van der Waals surface area contributed by atoms with Gasteiger partial charge in [-0.1, -0.05) is 30.3 Å². The molecule has 3 aliphatic heterocycles. The van der Waals surface area contributed by atoms with E-state index in [2.05, 4.69) is 48.9 Å². The Bertz CT molecular complexity index is 3290. The van der Waals surface area contributed by atoms with Crippen LogP contribution in [0.2, 0.25) is 0 Å². The standard InChI is InChI=1S/C46H59FN10O9.C14H16N2/c1-51(2)46(63)39-27-38-37(26-36(44(47)45(38)50-39)32-5-4-12-54(28-32)42(60)10-13-57(49)14-11-48)35-8-6-33(25-40(35)64-3)53-17-15-52(16-18-53)19-21-65-23-24-66-22-20-55(31-58)34-7-9-41(59)56(29-34)30-43(61)62;1-4-8-16(9-5-1)14-11-15-10-12-6-2-3-7-13(12)14/h5-9,11,14,25-27,29,31,50H,4,10,12-13,15-24,28,30,48-49H2,1-3H3,(H,61,62);2-3,6-7,10-11H,1,4-5,8-9H2/b14-11-;. The molecule has 436 valence electrons. The lowest BCUT2D eigenvalue weighted by atomic mass is 9.92. The first-order chi connectivity index (χ1) is 39.8. The fourth-order valence-corrected chi connectivity index (χ4v) is 10.5. The van der Waals surface area contributed by atoms with Gasteiger partial charge in [0.15, 0.2) is 5.82 Å². The molecule has 0 unspecified atom stereocenters. The molecule has 0 spiro atoms. The number of carbonyl (C=O) groups excluding carboxylic acids is 3. The number of carbonyl (C=O) groups is 4. The largest absolute Gasteiger partial charge is 0.496 e. The lowest BCUT2D eigenvalue weighted by Gasteiger charge is -2.36. The predicted molar refractivity (Wildman–Crippen MR) is 316 cm³/mol. The van der Waals surface area contributed by atoms with Crippen molar-refractivity contribution in [1.29, 1.82) is 0 Å². The molecule has 0 radical (unpaired) electrons. The first-order valence-corrected chi connectivity index (χ1v) is 27.7. The molecule has 3 amide bonds. The summed E-state index contributed by atoms with van der Waals surface area (Å²) in [5, 5.41) is 13.5. The molecule has 6 aromatic rings. The van der Waals surface area contributed by atoms with Gasteiger partial charge in [0.05, 0.1) is 56.6 Å². The lowest BCUT2D eigenvalue weighted by Crippen LogP contribution is -2.47. The predicted octanol–water partition coefficient (Wildman–Crippen LogP) is 5.59. The van der Waals surface area contributed by atoms with Crippen molar-refractivity contribution in [3.8, 4) is 16.9 Å². The summed E-state index contributed by atoms with van der Waals surface area (Å²) in [5.41, 5.74) is 10.4. The Morgan fingerprint density at radius 1 is 0.841 bits per heavy atom. The Morgan fingerprint density at radius 2 is 1.61 bits per heavy atom. The van der Waals surface area contributed by atoms with Gasteiger partial charge in [0.2, 0.25) is 12.3 Å². The SMILES string of the molecule is COc1cc(N2CCN(CCOCCOCCN(C=O)c3ccc(=O)n(CC(=O)O)c3)CC2)ccc1-c1cc(C2=CCCN(C(=O)CCN(N)/C=C\N)C2)c(F)c2[nH]c(C(=O)N(C)C)cc12.c1ccc2c(N3CCCCC3)cncc2c1. The zero-order valence-corrected chi connectivity index (χ0v) is 47.0. The molecule has 6 heterocycles. The van der Waals surface area contributed by atoms with Crippen molar-refractivity contribution in [2.75, 3.05) is 134 Å². The number of nitrogens with zero attached hydrogens (tertiary/aromatic N) is 9. The Balaban J connectivity index is 0.000000466. The van der Waals surface area contributed by atoms with E-state index in [0.717, 1.165) is 48.5 Å². The van der Waals surface area contributed by atoms with Crippen LogP contribution in [-0.4, -0.2) is 183 Å². The summed E-state index contributed by atoms with van der Waals surface area (Å²) in [5.74, 6) is 4.37. The van der Waals surface area contributed by atoms with Crippen molar-refractivity contribution in [1.82, 2.24) is 34.2 Å². The molecule has 22 heteroatoms. The van der Waals surface area contributed by atoms with Gasteiger partial charge in [-0.2, -0.15) is 0 Å². The molecule has 6 N–H and O–H groups in total. The third-order valence-electron chi connectivity index (χ3n) is 14.9. The number of halogens is 1. The molecule has 3 aromatic carbocycles. The molecule has 0 atom stereocenters. The number of anilines is 3. The van der Waals surface area contributed by atoms with Crippen LogP contribution < -0.4 is 36.6 Å². The number of piperazine rings is 1. The number of rotatable bonds is 23. The number of carboxylic acids is 1. The first-order valence-electron chi connectivity index (χ1n) is 27.7. The number of aliphatic carboxylic acids is 1. The van der Waals surface area contributed by atoms with Crippen molar-refractivity contribution in [3.63, 3.8) is 0 Å². The lowest BCUT2D eigenvalue weighted by molar-refractivity contribution is -0.137. The molecule has 9 rings (SSSR count). The molecular weight excluding hydrogens is 1050 g/mol. The van der Waals surface area contributed by atoms with Crippen molar-refractivity contribution in [2.24, 2.45) is 11.6 Å². The van der Waals surface area contributed by atoms with Gasteiger partial charge < -0.3 is 64.1 Å². The molecule has 2 fully saturated rings. The second-order valence-electron chi connectivity index (χ2n) is 20.5. The van der Waals surface area contributed by atoms with Gasteiger partial charge in [0.25, 0.3) is 11.5 Å². The molecule has 82 heavy (non-hydrogen) atoms. The van der Waals surface area contributed by atoms with E-state index in [0.29, 0.717) is 72.7 Å². The highest BCUT2D eigenvalue weighted by Crippen LogP contribution is 2.42. The number of pyridine rings is 2. The minimum atomic E-state index is -1.16. The van der Waals surface area contributed by atoms with Gasteiger partial charge >= 0.3 is 5.97 Å². The van der Waals surface area contributed by atoms with Crippen LogP contribution in [0.25, 0.3) is 38.4 Å². The number of nitrogens with two attached hydrogens (primary N) is 2. The number of ether oxygens (including phenoxy) is 3. The molecule has 3 aromatic heterocycles. The van der Waals surface area contributed by atoms with Crippen LogP contribution in [0, 0.1) is 5.82 Å². The molecular formula is C60H75FN12O9. The van der Waals surface area contributed by atoms with Crippen LogP contribution in [0.5, 0.6) is 5.75 Å². The Hall–Kier alpha value is -8.31. The monoisotopic (exact) mass is 1130 g/mol. The summed E-state index contributed by atoms with van der Waals surface area (Å²) in [4.78, 5) is 79.9. The molecule has 21 nitrogen and oxygen atoms in total. The average Bonchev–Trinajstić information content (AvgIpc) is 4.17. The number of methoxy groups -OCH3 is 1. The number of fused-ring (bicyclic) bond motifs is 2. The fourth-order valence-electron chi connectivity index (χ4n) is 10.5. The van der Waals surface area contributed by atoms with E-state index >= 15 is 4.39 Å². The van der Waals surface area contributed by atoms with E-state index in [9.17, 15) is 24.0 Å². The molecule has 2 saturated heterocycles. The summed E-state index contributed by atoms with van der Waals surface area (Å²) >= 11 is 0. The minimum absolute atomic E-state index is 0.114. The maximum atomic E-state index is 16.7. The van der Waals surface area contributed by atoms with Crippen LogP contribution in [0.3, 0.4) is 0 Å². The minimum Gasteiger partial charge on any atom is -0.496 e. The highest BCUT2D eigenvalue weighted by Gasteiger charge is 2.27. The van der Waals surface area contributed by atoms with E-state index in [4.69, 9.17) is 30.9 Å². The van der Waals surface area contributed by atoms with E-state index in [-0.39, 0.29) is 55.7 Å². The Morgan fingerprint density at radius 3 is 2.34 bits per heavy atom. The normalized spacial score (nSPS) is 14.8. The van der Waals surface area contributed by atoms with E-state index in [1.807, 2.05) is 36.7 Å². The Labute approximate surface area is 476 Å². The topological polar surface area (TPSA) is 242 Å². The number of benzene rings is 3. The molecule has 0 bridgehead atoms. The number of hydrogen-bond acceptors (Lipinski definition) is 15. The van der Waals surface area contributed by atoms with Gasteiger partial charge in [-0.3, -0.25) is 33.9 Å². The van der Waals surface area contributed by atoms with Crippen LogP contribution in [-0.2, 0) is 30.4 Å². The van der Waals surface area contributed by atoms with Crippen LogP contribution in [0.4, 0.5) is 21.5 Å². The zero-order valence-electron chi connectivity index (χ0n) is 47.0. The fraction of sp³-hybridized carbons (Fsp3) is 0.400. The smallest absolute Gasteiger partial charge is 0.323 e. The summed E-state index contributed by atoms with van der Waals surface area (Å²) in [6.07, 6.45) is 15.3. The number of aromatic nitrogens is 3. The number of hydrogen-bond donors (Lipinski definition) is 4. The maximum Gasteiger partial charge on any atom is 0.323 e. The quantitative estimate of drug-likeness (QED) is 0.0265. The number of H-pyrrole nitrogens is 1. The van der Waals surface area contributed by atoms with Crippen LogP contribution >= 0.6 is 0 Å². The molecule has 0 saturated carbocycles. The summed E-state index contributed by atoms with van der Waals surface area (Å²) in [6, 6.07) is 20.6. The highest BCUT2D eigenvalue weighted by molar-refractivity contribution is 6.05. The maximum absolute atomic E-state index is 16.7. The van der Waals surface area contributed by atoms with Crippen molar-refractivity contribution >= 4 is 68.5 Å². The number of amides is 3. The van der Waals surface area contributed by atoms with Gasteiger partial charge in [-0.25, -0.2) is 10.2 Å². The van der Waals surface area contributed by atoms with Gasteiger partial charge in [0, 0.05) is 162 Å². The van der Waals surface area contributed by atoms with Crippen molar-refractivity contribution in [3.05, 3.63) is 131 Å². The van der Waals surface area contributed by atoms with E-state index in [1.54, 1.807) is 38.2 Å². The first kappa shape index (κ1) is 59.8. The summed E-state index contributed by atoms with van der Waals surface area (Å²) in [6.45, 7) is 8.33. The van der Waals surface area contributed by atoms with Gasteiger partial charge in [0.1, 0.15) is 18.0 Å². The number of hydrazine groups is 1.